The van der Waals surface area contributed by atoms with E-state index in [1.807, 2.05) is 12.1 Å². The molecule has 0 spiro atoms. The van der Waals surface area contributed by atoms with Gasteiger partial charge in [-0.3, -0.25) is 9.59 Å². The Balaban J connectivity index is 1.70. The van der Waals surface area contributed by atoms with Crippen LogP contribution in [-0.2, 0) is 9.59 Å². The van der Waals surface area contributed by atoms with E-state index in [9.17, 15) is 14.4 Å². The number of benzene rings is 1. The first kappa shape index (κ1) is 17.8. The molecule has 1 aliphatic heterocycles. The van der Waals surface area contributed by atoms with Crippen LogP contribution in [0.15, 0.2) is 44.6 Å². The molecule has 1 aromatic carbocycles. The van der Waals surface area contributed by atoms with Crippen LogP contribution >= 0.6 is 0 Å². The lowest BCUT2D eigenvalue weighted by atomic mass is 10.1. The van der Waals surface area contributed by atoms with Crippen LogP contribution in [0.2, 0.25) is 0 Å². The van der Waals surface area contributed by atoms with Crippen LogP contribution in [0.5, 0.6) is 0 Å². The minimum absolute atomic E-state index is 0.00600. The topological polar surface area (TPSA) is 92.0 Å². The van der Waals surface area contributed by atoms with E-state index in [2.05, 4.69) is 10.5 Å². The fourth-order valence-electron chi connectivity index (χ4n) is 2.93. The zero-order valence-electron chi connectivity index (χ0n) is 14.7. The van der Waals surface area contributed by atoms with E-state index in [0.717, 1.165) is 24.6 Å². The predicted molar refractivity (Wildman–Crippen MR) is 97.9 cm³/mol. The fourth-order valence-corrected chi connectivity index (χ4v) is 2.93. The van der Waals surface area contributed by atoms with Gasteiger partial charge in [0.1, 0.15) is 12.1 Å². The van der Waals surface area contributed by atoms with E-state index in [1.165, 1.54) is 0 Å². The number of hydrogen-bond acceptors (Lipinski definition) is 5. The largest absolute Gasteiger partial charge is 0.422 e. The summed E-state index contributed by atoms with van der Waals surface area (Å²) >= 11 is 0. The molecular formula is C19H21N3O4. The highest BCUT2D eigenvalue weighted by molar-refractivity contribution is 6.01. The minimum atomic E-state index is -0.512. The number of fused-ring (bicyclic) bond motifs is 1. The summed E-state index contributed by atoms with van der Waals surface area (Å²) in [5, 5.41) is 4.77. The summed E-state index contributed by atoms with van der Waals surface area (Å²) < 4.78 is 5.27. The zero-order valence-corrected chi connectivity index (χ0v) is 14.7. The van der Waals surface area contributed by atoms with Crippen molar-refractivity contribution >= 4 is 28.5 Å². The molecule has 1 aromatic heterocycles. The maximum atomic E-state index is 12.1. The van der Waals surface area contributed by atoms with E-state index < -0.39 is 5.63 Å². The molecule has 0 saturated carbocycles. The molecule has 1 saturated heterocycles. The van der Waals surface area contributed by atoms with E-state index in [4.69, 9.17) is 4.42 Å². The lowest BCUT2D eigenvalue weighted by Gasteiger charge is -2.18. The number of carbonyl (C=O) groups is 2. The monoisotopic (exact) mass is 355 g/mol. The van der Waals surface area contributed by atoms with E-state index in [0.29, 0.717) is 24.3 Å². The second kappa shape index (κ2) is 7.95. The van der Waals surface area contributed by atoms with Crippen LogP contribution in [0, 0.1) is 0 Å². The Hall–Kier alpha value is -2.96. The number of rotatable bonds is 4. The highest BCUT2D eigenvalue weighted by Crippen LogP contribution is 2.13. The van der Waals surface area contributed by atoms with Gasteiger partial charge >= 0.3 is 5.63 Å². The van der Waals surface area contributed by atoms with Crippen LogP contribution in [0.25, 0.3) is 11.0 Å². The zero-order chi connectivity index (χ0) is 18.5. The van der Waals surface area contributed by atoms with E-state index in [-0.39, 0.29) is 23.9 Å². The molecule has 1 aliphatic rings. The average molecular weight is 355 g/mol. The third-order valence-electron chi connectivity index (χ3n) is 4.39. The summed E-state index contributed by atoms with van der Waals surface area (Å²) in [4.78, 5) is 37.7. The number of nitrogens with zero attached hydrogens (tertiary/aromatic N) is 2. The second-order valence-corrected chi connectivity index (χ2v) is 6.34. The van der Waals surface area contributed by atoms with Gasteiger partial charge in [-0.05, 0) is 31.9 Å². The second-order valence-electron chi connectivity index (χ2n) is 6.34. The molecule has 1 N–H and O–H groups in total. The molecule has 0 unspecified atom stereocenters. The quantitative estimate of drug-likeness (QED) is 0.516. The molecule has 0 radical (unpaired) electrons. The van der Waals surface area contributed by atoms with Gasteiger partial charge in [0.15, 0.2) is 0 Å². The van der Waals surface area contributed by atoms with Crippen molar-refractivity contribution in [2.24, 2.45) is 5.10 Å². The summed E-state index contributed by atoms with van der Waals surface area (Å²) in [7, 11) is 0. The Morgan fingerprint density at radius 2 is 2.04 bits per heavy atom. The van der Waals surface area contributed by atoms with Gasteiger partial charge in [0.25, 0.3) is 5.91 Å². The standard InChI is InChI=1S/C19H21N3O4/c1-13(15-11-14-7-4-5-8-16(14)26-19(15)25)20-21-17(23)12-22-10-6-2-3-9-18(22)24/h4-5,7-8,11H,2-3,6,9-10,12H2,1H3,(H,21,23)/b20-13-. The van der Waals surface area contributed by atoms with Gasteiger partial charge in [-0.15, -0.1) is 0 Å². The summed E-state index contributed by atoms with van der Waals surface area (Å²) in [6.07, 6.45) is 3.25. The molecule has 0 aliphatic carbocycles. The maximum Gasteiger partial charge on any atom is 0.345 e. The predicted octanol–water partition coefficient (Wildman–Crippen LogP) is 2.04. The van der Waals surface area contributed by atoms with Crippen molar-refractivity contribution in [2.75, 3.05) is 13.1 Å². The van der Waals surface area contributed by atoms with Gasteiger partial charge in [0.05, 0.1) is 11.3 Å². The van der Waals surface area contributed by atoms with Crippen LogP contribution in [-0.4, -0.2) is 35.5 Å². The Morgan fingerprint density at radius 1 is 1.23 bits per heavy atom. The third-order valence-corrected chi connectivity index (χ3v) is 4.39. The van der Waals surface area contributed by atoms with E-state index in [1.54, 1.807) is 30.0 Å². The maximum absolute atomic E-state index is 12.1. The van der Waals surface area contributed by atoms with Crippen LogP contribution < -0.4 is 11.1 Å². The van der Waals surface area contributed by atoms with Crippen molar-refractivity contribution in [3.63, 3.8) is 0 Å². The van der Waals surface area contributed by atoms with Crippen LogP contribution in [0.3, 0.4) is 0 Å². The van der Waals surface area contributed by atoms with Crippen molar-refractivity contribution in [1.29, 1.82) is 0 Å². The Morgan fingerprint density at radius 3 is 2.88 bits per heavy atom. The Bertz CT molecular complexity index is 916. The number of nitrogens with one attached hydrogen (secondary N) is 1. The molecule has 0 atom stereocenters. The first-order chi connectivity index (χ1) is 12.5. The number of likely N-dealkylation sites (tertiary alicyclic amines) is 1. The van der Waals surface area contributed by atoms with Gasteiger partial charge in [0.2, 0.25) is 5.91 Å². The van der Waals surface area contributed by atoms with Crippen molar-refractivity contribution in [1.82, 2.24) is 10.3 Å². The third kappa shape index (κ3) is 4.17. The molecule has 7 heteroatoms. The molecule has 26 heavy (non-hydrogen) atoms. The average Bonchev–Trinajstić information content (AvgIpc) is 2.83. The molecule has 2 heterocycles. The highest BCUT2D eigenvalue weighted by Gasteiger charge is 2.19. The number of hydrazone groups is 1. The van der Waals surface area contributed by atoms with Crippen LogP contribution in [0.1, 0.15) is 38.2 Å². The molecule has 2 aromatic rings. The van der Waals surface area contributed by atoms with Gasteiger partial charge in [0, 0.05) is 18.4 Å². The smallest absolute Gasteiger partial charge is 0.345 e. The number of para-hydroxylation sites is 1. The van der Waals surface area contributed by atoms with Crippen molar-refractivity contribution < 1.29 is 14.0 Å². The highest BCUT2D eigenvalue weighted by atomic mass is 16.4. The van der Waals surface area contributed by atoms with Crippen molar-refractivity contribution in [3.05, 3.63) is 46.3 Å². The fraction of sp³-hybridized carbons (Fsp3) is 0.368. The number of carbonyl (C=O) groups excluding carboxylic acids is 2. The summed E-state index contributed by atoms with van der Waals surface area (Å²) in [5.41, 5.74) is 3.04. The molecule has 2 amide bonds. The molecular weight excluding hydrogens is 334 g/mol. The summed E-state index contributed by atoms with van der Waals surface area (Å²) in [6.45, 7) is 2.18. The lowest BCUT2D eigenvalue weighted by Crippen LogP contribution is -2.39. The normalized spacial score (nSPS) is 15.8. The first-order valence-corrected chi connectivity index (χ1v) is 8.69. The van der Waals surface area contributed by atoms with Crippen molar-refractivity contribution in [2.45, 2.75) is 32.6 Å². The Labute approximate surface area is 150 Å². The summed E-state index contributed by atoms with van der Waals surface area (Å²) in [5.74, 6) is -0.390. The summed E-state index contributed by atoms with van der Waals surface area (Å²) in [6, 6.07) is 8.87. The van der Waals surface area contributed by atoms with Gasteiger partial charge in [-0.25, -0.2) is 10.2 Å². The molecule has 7 nitrogen and oxygen atoms in total. The first-order valence-electron chi connectivity index (χ1n) is 8.69. The molecule has 136 valence electrons. The van der Waals surface area contributed by atoms with Gasteiger partial charge < -0.3 is 9.32 Å². The van der Waals surface area contributed by atoms with Gasteiger partial charge in [-0.1, -0.05) is 24.6 Å². The van der Waals surface area contributed by atoms with E-state index >= 15 is 0 Å². The molecule has 3 rings (SSSR count). The minimum Gasteiger partial charge on any atom is -0.422 e. The number of amides is 2. The van der Waals surface area contributed by atoms with Crippen LogP contribution in [0.4, 0.5) is 0 Å². The SMILES string of the molecule is C/C(=N/NC(=O)CN1CCCCCC1=O)c1cc2ccccc2oc1=O. The molecule has 1 fully saturated rings. The Kier molecular flexibility index (Phi) is 5.46. The van der Waals surface area contributed by atoms with Crippen molar-refractivity contribution in [3.8, 4) is 0 Å². The lowest BCUT2D eigenvalue weighted by molar-refractivity contribution is -0.135. The number of hydrogen-bond donors (Lipinski definition) is 1. The van der Waals surface area contributed by atoms with Gasteiger partial charge in [-0.2, -0.15) is 5.10 Å². The molecule has 0 bridgehead atoms.